The van der Waals surface area contributed by atoms with Crippen LogP contribution in [0.2, 0.25) is 0 Å². The van der Waals surface area contributed by atoms with Gasteiger partial charge in [0.1, 0.15) is 5.65 Å². The van der Waals surface area contributed by atoms with E-state index < -0.39 is 0 Å². The first-order valence-electron chi connectivity index (χ1n) is 7.04. The standard InChI is InChI=1S/C15H24N4/c1-13(2)10-18(8-5-7-16)11-14-12-19-9-4-3-6-15(19)17-14/h3-4,6,9,12-13H,5,7-8,10-11,16H2,1-2H3. The summed E-state index contributed by atoms with van der Waals surface area (Å²) < 4.78 is 2.08. The van der Waals surface area contributed by atoms with Gasteiger partial charge in [-0.25, -0.2) is 4.98 Å². The Morgan fingerprint density at radius 1 is 1.37 bits per heavy atom. The molecule has 0 aromatic carbocycles. The van der Waals surface area contributed by atoms with Crippen LogP contribution in [0.5, 0.6) is 0 Å². The number of nitrogens with zero attached hydrogens (tertiary/aromatic N) is 3. The molecule has 0 aliphatic rings. The SMILES string of the molecule is CC(C)CN(CCCN)Cc1cn2ccccc2n1. The maximum atomic E-state index is 5.62. The van der Waals surface area contributed by atoms with Crippen molar-refractivity contribution < 1.29 is 0 Å². The van der Waals surface area contributed by atoms with Crippen molar-refractivity contribution in [2.45, 2.75) is 26.8 Å². The van der Waals surface area contributed by atoms with Gasteiger partial charge in [-0.05, 0) is 37.6 Å². The lowest BCUT2D eigenvalue weighted by Gasteiger charge is -2.23. The molecule has 104 valence electrons. The summed E-state index contributed by atoms with van der Waals surface area (Å²) in [5.41, 5.74) is 7.76. The molecule has 19 heavy (non-hydrogen) atoms. The predicted octanol–water partition coefficient (Wildman–Crippen LogP) is 2.14. The van der Waals surface area contributed by atoms with E-state index in [4.69, 9.17) is 5.73 Å². The Balaban J connectivity index is 2.06. The second-order valence-corrected chi connectivity index (χ2v) is 5.47. The molecule has 4 heteroatoms. The number of hydrogen-bond acceptors (Lipinski definition) is 3. The molecule has 0 unspecified atom stereocenters. The summed E-state index contributed by atoms with van der Waals surface area (Å²) in [5, 5.41) is 0. The lowest BCUT2D eigenvalue weighted by Crippen LogP contribution is -2.29. The van der Waals surface area contributed by atoms with Gasteiger partial charge >= 0.3 is 0 Å². The van der Waals surface area contributed by atoms with E-state index in [2.05, 4.69) is 34.3 Å². The summed E-state index contributed by atoms with van der Waals surface area (Å²) in [7, 11) is 0. The Labute approximate surface area is 115 Å². The predicted molar refractivity (Wildman–Crippen MR) is 79.0 cm³/mol. The van der Waals surface area contributed by atoms with Crippen LogP contribution in [0, 0.1) is 5.92 Å². The van der Waals surface area contributed by atoms with Crippen LogP contribution in [0.4, 0.5) is 0 Å². The minimum Gasteiger partial charge on any atom is -0.330 e. The molecule has 0 aliphatic carbocycles. The van der Waals surface area contributed by atoms with Gasteiger partial charge in [0.05, 0.1) is 5.69 Å². The number of nitrogens with two attached hydrogens (primary N) is 1. The van der Waals surface area contributed by atoms with Gasteiger partial charge in [-0.15, -0.1) is 0 Å². The average molecular weight is 260 g/mol. The Morgan fingerprint density at radius 3 is 2.89 bits per heavy atom. The summed E-state index contributed by atoms with van der Waals surface area (Å²) in [5.74, 6) is 0.662. The van der Waals surface area contributed by atoms with Crippen LogP contribution >= 0.6 is 0 Å². The molecule has 2 aromatic heterocycles. The molecular formula is C15H24N4. The Bertz CT molecular complexity index is 471. The smallest absolute Gasteiger partial charge is 0.137 e. The molecule has 0 atom stereocenters. The summed E-state index contributed by atoms with van der Waals surface area (Å²) in [6, 6.07) is 6.08. The third-order valence-corrected chi connectivity index (χ3v) is 3.10. The Hall–Kier alpha value is -1.39. The van der Waals surface area contributed by atoms with E-state index in [1.54, 1.807) is 0 Å². The lowest BCUT2D eigenvalue weighted by atomic mass is 10.2. The zero-order valence-corrected chi connectivity index (χ0v) is 11.9. The maximum absolute atomic E-state index is 5.62. The average Bonchev–Trinajstić information content (AvgIpc) is 2.77. The molecule has 0 amide bonds. The fraction of sp³-hybridized carbons (Fsp3) is 0.533. The monoisotopic (exact) mass is 260 g/mol. The summed E-state index contributed by atoms with van der Waals surface area (Å²) in [6.45, 7) is 8.29. The van der Waals surface area contributed by atoms with Crippen molar-refractivity contribution in [3.8, 4) is 0 Å². The second-order valence-electron chi connectivity index (χ2n) is 5.47. The van der Waals surface area contributed by atoms with Crippen LogP contribution in [0.15, 0.2) is 30.6 Å². The topological polar surface area (TPSA) is 46.6 Å². The number of imidazole rings is 1. The first-order chi connectivity index (χ1) is 9.19. The third kappa shape index (κ3) is 4.04. The van der Waals surface area contributed by atoms with Crippen molar-refractivity contribution >= 4 is 5.65 Å². The van der Waals surface area contributed by atoms with Crippen LogP contribution in [0.1, 0.15) is 26.0 Å². The number of aromatic nitrogens is 2. The highest BCUT2D eigenvalue weighted by molar-refractivity contribution is 5.39. The molecular weight excluding hydrogens is 236 g/mol. The van der Waals surface area contributed by atoms with Gasteiger partial charge in [0.15, 0.2) is 0 Å². The summed E-state index contributed by atoms with van der Waals surface area (Å²) in [4.78, 5) is 7.10. The van der Waals surface area contributed by atoms with Gasteiger partial charge in [0.2, 0.25) is 0 Å². The normalized spacial score (nSPS) is 11.8. The summed E-state index contributed by atoms with van der Waals surface area (Å²) in [6.07, 6.45) is 5.20. The van der Waals surface area contributed by atoms with Gasteiger partial charge in [0, 0.05) is 25.5 Å². The van der Waals surface area contributed by atoms with Crippen LogP contribution in [-0.2, 0) is 6.54 Å². The zero-order valence-electron chi connectivity index (χ0n) is 11.9. The van der Waals surface area contributed by atoms with E-state index in [9.17, 15) is 0 Å². The molecule has 0 fully saturated rings. The van der Waals surface area contributed by atoms with E-state index in [0.717, 1.165) is 43.9 Å². The molecule has 0 saturated carbocycles. The molecule has 0 bridgehead atoms. The van der Waals surface area contributed by atoms with E-state index in [-0.39, 0.29) is 0 Å². The molecule has 0 radical (unpaired) electrons. The summed E-state index contributed by atoms with van der Waals surface area (Å²) >= 11 is 0. The first kappa shape index (κ1) is 14.0. The van der Waals surface area contributed by atoms with Gasteiger partial charge in [0.25, 0.3) is 0 Å². The van der Waals surface area contributed by atoms with E-state index >= 15 is 0 Å². The van der Waals surface area contributed by atoms with E-state index in [1.807, 2.05) is 24.4 Å². The quantitative estimate of drug-likeness (QED) is 0.829. The van der Waals surface area contributed by atoms with Crippen molar-refractivity contribution in [1.29, 1.82) is 0 Å². The third-order valence-electron chi connectivity index (χ3n) is 3.10. The minimum absolute atomic E-state index is 0.662. The Kier molecular flexibility index (Phi) is 4.93. The number of hydrogen-bond donors (Lipinski definition) is 1. The molecule has 2 aromatic rings. The molecule has 0 aliphatic heterocycles. The fourth-order valence-corrected chi connectivity index (χ4v) is 2.36. The fourth-order valence-electron chi connectivity index (χ4n) is 2.36. The van der Waals surface area contributed by atoms with Gasteiger partial charge < -0.3 is 10.1 Å². The number of rotatable bonds is 7. The van der Waals surface area contributed by atoms with Crippen LogP contribution < -0.4 is 5.73 Å². The van der Waals surface area contributed by atoms with Crippen molar-refractivity contribution in [3.05, 3.63) is 36.3 Å². The molecule has 2 N–H and O–H groups in total. The first-order valence-corrected chi connectivity index (χ1v) is 7.04. The minimum atomic E-state index is 0.662. The van der Waals surface area contributed by atoms with E-state index in [0.29, 0.717) is 5.92 Å². The van der Waals surface area contributed by atoms with Crippen LogP contribution in [0.25, 0.3) is 5.65 Å². The number of fused-ring (bicyclic) bond motifs is 1. The molecule has 4 nitrogen and oxygen atoms in total. The van der Waals surface area contributed by atoms with Crippen molar-refractivity contribution in [1.82, 2.24) is 14.3 Å². The molecule has 0 spiro atoms. The van der Waals surface area contributed by atoms with Gasteiger partial charge in [-0.2, -0.15) is 0 Å². The maximum Gasteiger partial charge on any atom is 0.137 e. The molecule has 2 heterocycles. The van der Waals surface area contributed by atoms with E-state index in [1.165, 1.54) is 0 Å². The van der Waals surface area contributed by atoms with Gasteiger partial charge in [-0.1, -0.05) is 19.9 Å². The second kappa shape index (κ2) is 6.68. The largest absolute Gasteiger partial charge is 0.330 e. The molecule has 0 saturated heterocycles. The van der Waals surface area contributed by atoms with Gasteiger partial charge in [-0.3, -0.25) is 4.90 Å². The lowest BCUT2D eigenvalue weighted by molar-refractivity contribution is 0.232. The van der Waals surface area contributed by atoms with Crippen LogP contribution in [-0.4, -0.2) is 33.9 Å². The van der Waals surface area contributed by atoms with Crippen molar-refractivity contribution in [2.24, 2.45) is 11.7 Å². The zero-order chi connectivity index (χ0) is 13.7. The highest BCUT2D eigenvalue weighted by atomic mass is 15.1. The molecule has 2 rings (SSSR count). The number of pyridine rings is 1. The van der Waals surface area contributed by atoms with Crippen LogP contribution in [0.3, 0.4) is 0 Å². The Morgan fingerprint density at radius 2 is 2.21 bits per heavy atom. The highest BCUT2D eigenvalue weighted by Crippen LogP contribution is 2.09. The van der Waals surface area contributed by atoms with Crippen molar-refractivity contribution in [2.75, 3.05) is 19.6 Å². The van der Waals surface area contributed by atoms with Crippen molar-refractivity contribution in [3.63, 3.8) is 0 Å². The highest BCUT2D eigenvalue weighted by Gasteiger charge is 2.10.